The van der Waals surface area contributed by atoms with Crippen molar-refractivity contribution < 1.29 is 19.4 Å². The van der Waals surface area contributed by atoms with Crippen molar-refractivity contribution in [1.82, 2.24) is 9.80 Å². The van der Waals surface area contributed by atoms with Gasteiger partial charge < -0.3 is 14.7 Å². The molecule has 1 N–H and O–H groups in total. The van der Waals surface area contributed by atoms with E-state index in [4.69, 9.17) is 4.74 Å². The summed E-state index contributed by atoms with van der Waals surface area (Å²) >= 11 is 0. The van der Waals surface area contributed by atoms with Crippen molar-refractivity contribution in [3.05, 3.63) is 29.3 Å². The van der Waals surface area contributed by atoms with E-state index in [9.17, 15) is 20.0 Å². The highest BCUT2D eigenvalue weighted by Crippen LogP contribution is 2.29. The molecule has 0 bridgehead atoms. The smallest absolute Gasteiger partial charge is 0.408 e. The van der Waals surface area contributed by atoms with Crippen LogP contribution in [0.15, 0.2) is 18.2 Å². The van der Waals surface area contributed by atoms with Crippen molar-refractivity contribution in [3.8, 4) is 11.8 Å². The number of carbonyl (C=O) groups is 2. The van der Waals surface area contributed by atoms with E-state index in [-0.39, 0.29) is 12.5 Å². The Morgan fingerprint density at radius 1 is 1.33 bits per heavy atom. The molecule has 0 aromatic heterocycles. The van der Waals surface area contributed by atoms with Crippen molar-refractivity contribution in [1.29, 1.82) is 5.26 Å². The van der Waals surface area contributed by atoms with Gasteiger partial charge in [0.25, 0.3) is 0 Å². The Kier molecular flexibility index (Phi) is 4.30. The van der Waals surface area contributed by atoms with Gasteiger partial charge in [0.1, 0.15) is 17.8 Å². The van der Waals surface area contributed by atoms with Crippen molar-refractivity contribution in [2.24, 2.45) is 0 Å². The molecule has 0 unspecified atom stereocenters. The first-order valence-corrected chi connectivity index (χ1v) is 7.90. The molecule has 7 nitrogen and oxygen atoms in total. The summed E-state index contributed by atoms with van der Waals surface area (Å²) in [5.41, 5.74) is 1.79. The molecule has 2 amide bonds. The number of amides is 2. The van der Waals surface area contributed by atoms with Crippen molar-refractivity contribution in [2.75, 3.05) is 13.7 Å². The lowest BCUT2D eigenvalue weighted by molar-refractivity contribution is -0.136. The zero-order valence-corrected chi connectivity index (χ0v) is 13.4. The molecule has 24 heavy (non-hydrogen) atoms. The zero-order chi connectivity index (χ0) is 17.3. The summed E-state index contributed by atoms with van der Waals surface area (Å²) < 4.78 is 5.18. The second kappa shape index (κ2) is 6.40. The maximum absolute atomic E-state index is 12.9. The predicted octanol–water partition coefficient (Wildman–Crippen LogP) is 1.61. The monoisotopic (exact) mass is 329 g/mol. The molecule has 2 aliphatic rings. The topological polar surface area (TPSA) is 93.9 Å². The predicted molar refractivity (Wildman–Crippen MR) is 84.4 cm³/mol. The number of carboxylic acid groups (broad SMARTS) is 1. The fourth-order valence-corrected chi connectivity index (χ4v) is 3.47. The molecule has 0 saturated carbocycles. The maximum Gasteiger partial charge on any atom is 0.408 e. The van der Waals surface area contributed by atoms with Crippen molar-refractivity contribution in [3.63, 3.8) is 0 Å². The Labute approximate surface area is 140 Å². The number of likely N-dealkylation sites (tertiary alicyclic amines) is 1. The number of rotatable bonds is 2. The third-order valence-electron chi connectivity index (χ3n) is 4.76. The van der Waals surface area contributed by atoms with Crippen LogP contribution in [0.4, 0.5) is 4.79 Å². The summed E-state index contributed by atoms with van der Waals surface area (Å²) in [5.74, 6) is 0.385. The molecule has 1 fully saturated rings. The van der Waals surface area contributed by atoms with E-state index in [1.54, 1.807) is 13.2 Å². The molecule has 0 spiro atoms. The molecular formula is C17H19N3O4. The third-order valence-corrected chi connectivity index (χ3v) is 4.76. The number of benzene rings is 1. The minimum absolute atomic E-state index is 0.142. The van der Waals surface area contributed by atoms with Crippen LogP contribution in [-0.2, 0) is 17.8 Å². The number of hydrogen-bond donors (Lipinski definition) is 1. The van der Waals surface area contributed by atoms with Gasteiger partial charge in [-0.2, -0.15) is 5.26 Å². The quantitative estimate of drug-likeness (QED) is 0.890. The Bertz CT molecular complexity index is 712. The fraction of sp³-hybridized carbons (Fsp3) is 0.471. The van der Waals surface area contributed by atoms with Gasteiger partial charge in [-0.1, -0.05) is 6.07 Å². The molecule has 2 aliphatic heterocycles. The van der Waals surface area contributed by atoms with E-state index >= 15 is 0 Å². The zero-order valence-electron chi connectivity index (χ0n) is 13.4. The molecule has 0 radical (unpaired) electrons. The second-order valence-electron chi connectivity index (χ2n) is 6.08. The molecule has 2 atom stereocenters. The van der Waals surface area contributed by atoms with Gasteiger partial charge in [0.15, 0.2) is 0 Å². The normalized spacial score (nSPS) is 22.7. The van der Waals surface area contributed by atoms with Crippen LogP contribution in [0.5, 0.6) is 5.75 Å². The van der Waals surface area contributed by atoms with Crippen molar-refractivity contribution in [2.45, 2.75) is 37.9 Å². The molecule has 7 heteroatoms. The van der Waals surface area contributed by atoms with Crippen LogP contribution >= 0.6 is 0 Å². The van der Waals surface area contributed by atoms with E-state index in [2.05, 4.69) is 6.07 Å². The lowest BCUT2D eigenvalue weighted by atomic mass is 9.93. The Morgan fingerprint density at radius 3 is 2.79 bits per heavy atom. The highest BCUT2D eigenvalue weighted by atomic mass is 16.5. The first-order valence-electron chi connectivity index (χ1n) is 7.90. The van der Waals surface area contributed by atoms with Crippen LogP contribution in [0.2, 0.25) is 0 Å². The second-order valence-corrected chi connectivity index (χ2v) is 6.08. The van der Waals surface area contributed by atoms with Gasteiger partial charge in [-0.25, -0.2) is 4.79 Å². The fourth-order valence-electron chi connectivity index (χ4n) is 3.47. The lowest BCUT2D eigenvalue weighted by Gasteiger charge is -2.36. The number of nitrogens with zero attached hydrogens (tertiary/aromatic N) is 3. The molecule has 2 heterocycles. The van der Waals surface area contributed by atoms with E-state index < -0.39 is 18.2 Å². The minimum Gasteiger partial charge on any atom is -0.497 e. The average molecular weight is 329 g/mol. The highest BCUT2D eigenvalue weighted by molar-refractivity contribution is 5.87. The van der Waals surface area contributed by atoms with Crippen LogP contribution in [0.3, 0.4) is 0 Å². The standard InChI is InChI=1S/C17H19N3O4/c1-24-14-5-4-11-8-15(20(17(22)23)10-12(11)7-14)16(21)19-6-2-3-13(19)9-18/h4-5,7,13,15H,2-3,6,8,10H2,1H3,(H,22,23)/t13-,15+/m0/s1. The number of hydrogen-bond acceptors (Lipinski definition) is 4. The van der Waals surface area contributed by atoms with Gasteiger partial charge in [-0.15, -0.1) is 0 Å². The van der Waals surface area contributed by atoms with Crippen molar-refractivity contribution >= 4 is 12.0 Å². The van der Waals surface area contributed by atoms with Gasteiger partial charge in [-0.3, -0.25) is 9.69 Å². The molecule has 0 aliphatic carbocycles. The van der Waals surface area contributed by atoms with E-state index in [0.717, 1.165) is 22.4 Å². The van der Waals surface area contributed by atoms with Gasteiger partial charge in [0, 0.05) is 13.0 Å². The molecule has 1 saturated heterocycles. The summed E-state index contributed by atoms with van der Waals surface area (Å²) in [4.78, 5) is 27.2. The summed E-state index contributed by atoms with van der Waals surface area (Å²) in [5, 5.41) is 18.7. The summed E-state index contributed by atoms with van der Waals surface area (Å²) in [6, 6.07) is 6.39. The SMILES string of the molecule is COc1ccc2c(c1)CN(C(=O)O)[C@@H](C(=O)N1CCC[C@H]1C#N)C2. The van der Waals surface area contributed by atoms with Crippen LogP contribution in [0.25, 0.3) is 0 Å². The average Bonchev–Trinajstić information content (AvgIpc) is 3.08. The van der Waals surface area contributed by atoms with Crippen LogP contribution in [-0.4, -0.2) is 52.6 Å². The maximum atomic E-state index is 12.9. The highest BCUT2D eigenvalue weighted by Gasteiger charge is 2.40. The van der Waals surface area contributed by atoms with Crippen LogP contribution in [0, 0.1) is 11.3 Å². The van der Waals surface area contributed by atoms with Crippen LogP contribution < -0.4 is 4.74 Å². The Morgan fingerprint density at radius 2 is 2.12 bits per heavy atom. The van der Waals surface area contributed by atoms with Gasteiger partial charge in [-0.05, 0) is 36.1 Å². The number of methoxy groups -OCH3 is 1. The summed E-state index contributed by atoms with van der Waals surface area (Å²) in [6.45, 7) is 0.653. The van der Waals surface area contributed by atoms with E-state index in [1.807, 2.05) is 12.1 Å². The Balaban J connectivity index is 1.90. The molecule has 126 valence electrons. The first kappa shape index (κ1) is 16.1. The van der Waals surface area contributed by atoms with E-state index in [1.165, 1.54) is 4.90 Å². The molecule has 3 rings (SSSR count). The van der Waals surface area contributed by atoms with E-state index in [0.29, 0.717) is 25.1 Å². The Hall–Kier alpha value is -2.75. The molecule has 1 aromatic carbocycles. The first-order chi connectivity index (χ1) is 11.5. The van der Waals surface area contributed by atoms with Gasteiger partial charge >= 0.3 is 6.09 Å². The number of nitriles is 1. The summed E-state index contributed by atoms with van der Waals surface area (Å²) in [7, 11) is 1.56. The largest absolute Gasteiger partial charge is 0.497 e. The van der Waals surface area contributed by atoms with Gasteiger partial charge in [0.05, 0.1) is 19.7 Å². The minimum atomic E-state index is -1.13. The number of ether oxygens (including phenoxy) is 1. The summed E-state index contributed by atoms with van der Waals surface area (Å²) in [6.07, 6.45) is 0.612. The number of fused-ring (bicyclic) bond motifs is 1. The lowest BCUT2D eigenvalue weighted by Crippen LogP contribution is -2.54. The number of carbonyl (C=O) groups excluding carboxylic acids is 1. The molecular weight excluding hydrogens is 310 g/mol. The third kappa shape index (κ3) is 2.75. The molecule has 1 aromatic rings. The van der Waals surface area contributed by atoms with Gasteiger partial charge in [0.2, 0.25) is 5.91 Å². The van der Waals surface area contributed by atoms with Crippen LogP contribution in [0.1, 0.15) is 24.0 Å².